The van der Waals surface area contributed by atoms with Crippen LogP contribution in [-0.2, 0) is 14.3 Å². The molecule has 0 aliphatic carbocycles. The van der Waals surface area contributed by atoms with Gasteiger partial charge < -0.3 is 18.9 Å². The molecule has 0 bridgehead atoms. The van der Waals surface area contributed by atoms with Gasteiger partial charge in [-0.05, 0) is 39.0 Å². The second-order valence-corrected chi connectivity index (χ2v) is 5.43. The number of carbonyl (C=O) groups is 2. The first kappa shape index (κ1) is 19.2. The van der Waals surface area contributed by atoms with Crippen LogP contribution in [0.2, 0.25) is 0 Å². The molecule has 0 aliphatic rings. The van der Waals surface area contributed by atoms with E-state index in [-0.39, 0.29) is 25.0 Å². The Morgan fingerprint density at radius 2 is 1.96 bits per heavy atom. The van der Waals surface area contributed by atoms with Gasteiger partial charge in [0.05, 0.1) is 19.8 Å². The minimum atomic E-state index is -0.577. The summed E-state index contributed by atoms with van der Waals surface area (Å²) in [6.07, 6.45) is -0.219. The fourth-order valence-corrected chi connectivity index (χ4v) is 2.14. The molecule has 1 aromatic carbocycles. The summed E-state index contributed by atoms with van der Waals surface area (Å²) in [6, 6.07) is 4.91. The Hall–Kier alpha value is -3.10. The van der Waals surface area contributed by atoms with E-state index in [1.54, 1.807) is 39.0 Å². The molecule has 2 rings (SSSR count). The fourth-order valence-electron chi connectivity index (χ4n) is 2.14. The van der Waals surface area contributed by atoms with E-state index < -0.39 is 11.9 Å². The number of ether oxygens (including phenoxy) is 4. The number of aromatic nitrogens is 3. The number of aromatic amines is 1. The average molecular weight is 363 g/mol. The Labute approximate surface area is 150 Å². The van der Waals surface area contributed by atoms with Crippen molar-refractivity contribution in [1.29, 1.82) is 0 Å². The number of H-pyrrole nitrogens is 1. The maximum Gasteiger partial charge on any atom is 0.361 e. The van der Waals surface area contributed by atoms with Crippen LogP contribution in [-0.4, -0.2) is 53.8 Å². The molecule has 0 aliphatic heterocycles. The van der Waals surface area contributed by atoms with Crippen molar-refractivity contribution in [3.63, 3.8) is 0 Å². The summed E-state index contributed by atoms with van der Waals surface area (Å²) in [5.74, 6) is -0.324. The first-order chi connectivity index (χ1) is 12.5. The van der Waals surface area contributed by atoms with Crippen molar-refractivity contribution < 1.29 is 28.5 Å². The number of nitrogens with zero attached hydrogens (tertiary/aromatic N) is 2. The normalized spacial score (nSPS) is 10.5. The monoisotopic (exact) mass is 363 g/mol. The Kier molecular flexibility index (Phi) is 6.54. The lowest BCUT2D eigenvalue weighted by atomic mass is 10.1. The summed E-state index contributed by atoms with van der Waals surface area (Å²) in [6.45, 7) is 5.20. The van der Waals surface area contributed by atoms with Crippen molar-refractivity contribution in [3.8, 4) is 22.8 Å². The Bertz CT molecular complexity index is 772. The first-order valence-corrected chi connectivity index (χ1v) is 8.04. The van der Waals surface area contributed by atoms with Crippen molar-refractivity contribution in [1.82, 2.24) is 15.4 Å². The topological polar surface area (TPSA) is 113 Å². The molecular weight excluding hydrogens is 342 g/mol. The lowest BCUT2D eigenvalue weighted by Gasteiger charge is -2.12. The number of nitrogens with one attached hydrogen (secondary N) is 1. The third-order valence-electron chi connectivity index (χ3n) is 3.17. The van der Waals surface area contributed by atoms with Gasteiger partial charge in [-0.1, -0.05) is 0 Å². The molecule has 0 saturated carbocycles. The number of esters is 2. The molecule has 1 N–H and O–H groups in total. The molecule has 0 unspecified atom stereocenters. The summed E-state index contributed by atoms with van der Waals surface area (Å²) < 4.78 is 20.7. The third-order valence-corrected chi connectivity index (χ3v) is 3.17. The van der Waals surface area contributed by atoms with Crippen LogP contribution in [0.4, 0.5) is 0 Å². The first-order valence-electron chi connectivity index (χ1n) is 8.04. The van der Waals surface area contributed by atoms with Crippen LogP contribution in [0.15, 0.2) is 18.2 Å². The van der Waals surface area contributed by atoms with Crippen LogP contribution in [0.25, 0.3) is 11.3 Å². The Balaban J connectivity index is 2.20. The van der Waals surface area contributed by atoms with Crippen molar-refractivity contribution in [3.05, 3.63) is 23.9 Å². The van der Waals surface area contributed by atoms with Gasteiger partial charge in [0.15, 0.2) is 23.8 Å². The largest absolute Gasteiger partial charge is 0.493 e. The summed E-state index contributed by atoms with van der Waals surface area (Å²) >= 11 is 0. The van der Waals surface area contributed by atoms with Crippen LogP contribution < -0.4 is 9.47 Å². The average Bonchev–Trinajstić information content (AvgIpc) is 3.09. The molecule has 140 valence electrons. The van der Waals surface area contributed by atoms with Gasteiger partial charge in [0, 0.05) is 5.56 Å². The van der Waals surface area contributed by atoms with E-state index in [2.05, 4.69) is 15.4 Å². The minimum Gasteiger partial charge on any atom is -0.493 e. The second-order valence-electron chi connectivity index (χ2n) is 5.43. The summed E-state index contributed by atoms with van der Waals surface area (Å²) in [5.41, 5.74) is 0.978. The van der Waals surface area contributed by atoms with E-state index in [1.165, 1.54) is 7.11 Å². The second kappa shape index (κ2) is 8.84. The highest BCUT2D eigenvalue weighted by Gasteiger charge is 2.20. The highest BCUT2D eigenvalue weighted by molar-refractivity contribution is 5.94. The molecule has 1 aromatic heterocycles. The molecule has 9 heteroatoms. The number of benzene rings is 1. The zero-order valence-corrected chi connectivity index (χ0v) is 15.1. The van der Waals surface area contributed by atoms with E-state index in [0.29, 0.717) is 22.8 Å². The lowest BCUT2D eigenvalue weighted by molar-refractivity contribution is -0.149. The van der Waals surface area contributed by atoms with E-state index in [9.17, 15) is 9.59 Å². The summed E-state index contributed by atoms with van der Waals surface area (Å²) in [7, 11) is 1.47. The van der Waals surface area contributed by atoms with Crippen LogP contribution in [0.3, 0.4) is 0 Å². The van der Waals surface area contributed by atoms with Crippen LogP contribution in [0, 0.1) is 0 Å². The van der Waals surface area contributed by atoms with Gasteiger partial charge in [-0.2, -0.15) is 10.3 Å². The highest BCUT2D eigenvalue weighted by atomic mass is 16.6. The predicted octanol–water partition coefficient (Wildman–Crippen LogP) is 1.99. The van der Waals surface area contributed by atoms with E-state index in [0.717, 1.165) is 0 Å². The fraction of sp³-hybridized carbons (Fsp3) is 0.412. The summed E-state index contributed by atoms with van der Waals surface area (Å²) in [4.78, 5) is 23.5. The number of hydrogen-bond donors (Lipinski definition) is 1. The number of rotatable bonds is 8. The van der Waals surface area contributed by atoms with Crippen LogP contribution in [0.1, 0.15) is 31.3 Å². The minimum absolute atomic E-state index is 0.0723. The Morgan fingerprint density at radius 3 is 2.62 bits per heavy atom. The van der Waals surface area contributed by atoms with Crippen LogP contribution in [0.5, 0.6) is 11.5 Å². The highest BCUT2D eigenvalue weighted by Crippen LogP contribution is 2.32. The molecule has 0 radical (unpaired) electrons. The molecule has 26 heavy (non-hydrogen) atoms. The quantitative estimate of drug-likeness (QED) is 0.709. The van der Waals surface area contributed by atoms with E-state index in [4.69, 9.17) is 18.9 Å². The maximum absolute atomic E-state index is 11.9. The van der Waals surface area contributed by atoms with E-state index in [1.807, 2.05) is 0 Å². The van der Waals surface area contributed by atoms with Gasteiger partial charge in [-0.15, -0.1) is 5.10 Å². The third kappa shape index (κ3) is 4.71. The molecule has 0 fully saturated rings. The van der Waals surface area contributed by atoms with Crippen molar-refractivity contribution in [2.45, 2.75) is 26.9 Å². The van der Waals surface area contributed by atoms with Gasteiger partial charge in [-0.25, -0.2) is 9.59 Å². The van der Waals surface area contributed by atoms with Crippen molar-refractivity contribution >= 4 is 11.9 Å². The molecule has 0 atom stereocenters. The number of carbonyl (C=O) groups excluding carboxylic acids is 2. The van der Waals surface area contributed by atoms with Gasteiger partial charge in [0.2, 0.25) is 0 Å². The zero-order chi connectivity index (χ0) is 19.1. The van der Waals surface area contributed by atoms with Gasteiger partial charge in [0.1, 0.15) is 5.69 Å². The predicted molar refractivity (Wildman–Crippen MR) is 91.1 cm³/mol. The molecular formula is C17H21N3O6. The standard InChI is InChI=1S/C17H21N3O6/c1-5-24-17(22)16-15(18-20-19-16)11-6-7-12(13(8-11)23-4)25-9-14(21)26-10(2)3/h6-8,10H,5,9H2,1-4H3,(H,18,19,20). The van der Waals surface area contributed by atoms with Crippen molar-refractivity contribution in [2.24, 2.45) is 0 Å². The van der Waals surface area contributed by atoms with Gasteiger partial charge >= 0.3 is 11.9 Å². The molecule has 9 nitrogen and oxygen atoms in total. The van der Waals surface area contributed by atoms with Gasteiger partial charge in [0.25, 0.3) is 0 Å². The smallest absolute Gasteiger partial charge is 0.361 e. The Morgan fingerprint density at radius 1 is 1.19 bits per heavy atom. The molecule has 0 spiro atoms. The number of hydrogen-bond acceptors (Lipinski definition) is 8. The molecule has 1 heterocycles. The SMILES string of the molecule is CCOC(=O)c1n[nH]nc1-c1ccc(OCC(=O)OC(C)C)c(OC)c1. The lowest BCUT2D eigenvalue weighted by Crippen LogP contribution is -2.18. The maximum atomic E-state index is 11.9. The molecule has 0 amide bonds. The zero-order valence-electron chi connectivity index (χ0n) is 15.1. The number of methoxy groups -OCH3 is 1. The van der Waals surface area contributed by atoms with Crippen molar-refractivity contribution in [2.75, 3.05) is 20.3 Å². The van der Waals surface area contributed by atoms with Crippen LogP contribution >= 0.6 is 0 Å². The molecule has 2 aromatic rings. The van der Waals surface area contributed by atoms with Gasteiger partial charge in [-0.3, -0.25) is 0 Å². The molecule has 0 saturated heterocycles. The summed E-state index contributed by atoms with van der Waals surface area (Å²) in [5, 5.41) is 10.2. The van der Waals surface area contributed by atoms with E-state index >= 15 is 0 Å².